The molecule has 0 spiro atoms. The maximum atomic E-state index is 12.3. The predicted octanol–water partition coefficient (Wildman–Crippen LogP) is -4.91. The van der Waals surface area contributed by atoms with Crippen LogP contribution in [0.4, 0.5) is 0 Å². The van der Waals surface area contributed by atoms with Crippen molar-refractivity contribution in [2.45, 2.75) is 18.9 Å². The maximum Gasteiger partial charge on any atom is 1.00 e. The van der Waals surface area contributed by atoms with Gasteiger partial charge in [0.15, 0.2) is 11.2 Å². The van der Waals surface area contributed by atoms with E-state index >= 15 is 0 Å². The van der Waals surface area contributed by atoms with Crippen LogP contribution in [0.25, 0.3) is 21.9 Å². The van der Waals surface area contributed by atoms with Crippen LogP contribution in [0.1, 0.15) is 23.4 Å². The van der Waals surface area contributed by atoms with Crippen LogP contribution in [-0.2, 0) is 9.59 Å². The minimum absolute atomic E-state index is 0. The van der Waals surface area contributed by atoms with Crippen molar-refractivity contribution in [3.8, 4) is 11.5 Å². The Morgan fingerprint density at radius 2 is 1.47 bits per heavy atom. The summed E-state index contributed by atoms with van der Waals surface area (Å²) < 4.78 is 21.6. The van der Waals surface area contributed by atoms with Crippen molar-refractivity contribution in [3.05, 3.63) is 81.0 Å². The van der Waals surface area contributed by atoms with E-state index in [1.807, 2.05) is 0 Å². The maximum absolute atomic E-state index is 12.3. The number of hydrogen-bond acceptors (Lipinski definition) is 11. The van der Waals surface area contributed by atoms with Crippen LogP contribution in [0.2, 0.25) is 0 Å². The van der Waals surface area contributed by atoms with Gasteiger partial charge >= 0.3 is 65.3 Å². The molecule has 11 nitrogen and oxygen atoms in total. The Hall–Kier alpha value is -2.73. The molecule has 4 aromatic rings. The molecule has 2 heterocycles. The minimum Gasteiger partial charge on any atom is -0.580 e. The first-order valence-electron chi connectivity index (χ1n) is 10.5. The Kier molecular flexibility index (Phi) is 14.3. The largest absolute Gasteiger partial charge is 1.00 e. The van der Waals surface area contributed by atoms with Gasteiger partial charge in [-0.25, -0.2) is 0 Å². The summed E-state index contributed by atoms with van der Waals surface area (Å²) in [5, 5.41) is 21.6. The van der Waals surface area contributed by atoms with E-state index in [9.17, 15) is 24.6 Å². The summed E-state index contributed by atoms with van der Waals surface area (Å²) in [4.78, 5) is 51.5. The molecule has 0 amide bonds. The van der Waals surface area contributed by atoms with E-state index in [2.05, 4.69) is 6.26 Å². The Bertz CT molecular complexity index is 1520. The number of aromatic carboxylic acids is 1. The van der Waals surface area contributed by atoms with Gasteiger partial charge in [-0.3, -0.25) is 4.79 Å². The quantitative estimate of drug-likeness (QED) is 0.159. The topological polar surface area (TPSA) is 173 Å². The summed E-state index contributed by atoms with van der Waals surface area (Å²) >= 11 is 0. The van der Waals surface area contributed by atoms with Gasteiger partial charge in [-0.05, 0) is 29.8 Å². The van der Waals surface area contributed by atoms with E-state index < -0.39 is 23.3 Å². The molecule has 4 rings (SSSR count). The molecule has 0 radical (unpaired) electrons. The molecule has 2 aromatic carbocycles. The Balaban J connectivity index is 0.00000138. The monoisotopic (exact) mass is 540 g/mol. The van der Waals surface area contributed by atoms with Crippen molar-refractivity contribution < 1.29 is 102 Å². The second-order valence-electron chi connectivity index (χ2n) is 7.26. The van der Waals surface area contributed by atoms with Gasteiger partial charge in [0.05, 0.1) is 24.7 Å². The molecule has 0 bridgehead atoms. The van der Waals surface area contributed by atoms with Gasteiger partial charge in [0.25, 0.3) is 0 Å². The molecular weight excluding hydrogens is 522 g/mol. The fraction of sp³-hybridized carbons (Fsp3) is 0.200. The molecule has 0 aliphatic carbocycles. The number of fused-ring (bicyclic) bond motifs is 2. The molecule has 0 aliphatic rings. The number of carboxylic acids is 1. The molecule has 2 aromatic heterocycles. The van der Waals surface area contributed by atoms with Gasteiger partial charge in [-0.1, -0.05) is 24.3 Å². The molecule has 0 fully saturated rings. The van der Waals surface area contributed by atoms with Crippen LogP contribution in [0.5, 0.6) is 11.5 Å². The summed E-state index contributed by atoms with van der Waals surface area (Å²) in [7, 11) is 0. The molecular formula is C25H18Na2O11. The van der Waals surface area contributed by atoms with Gasteiger partial charge in [-0.2, -0.15) is 9.59 Å². The second-order valence-corrected chi connectivity index (χ2v) is 7.26. The minimum atomic E-state index is -1.59. The number of carbonyl (C=O) groups is 1. The predicted molar refractivity (Wildman–Crippen MR) is 119 cm³/mol. The zero-order valence-electron chi connectivity index (χ0n) is 20.6. The second kappa shape index (κ2) is 16.3. The number of hydrogen-bond donors (Lipinski definition) is 1. The number of rotatable bonds is 9. The molecule has 13 heteroatoms. The van der Waals surface area contributed by atoms with Crippen molar-refractivity contribution in [3.63, 3.8) is 0 Å². The van der Waals surface area contributed by atoms with Gasteiger partial charge in [0, 0.05) is 24.5 Å². The average Bonchev–Trinajstić information content (AvgIpc) is 2.84. The van der Waals surface area contributed by atoms with Crippen molar-refractivity contribution in [2.24, 2.45) is 0 Å². The summed E-state index contributed by atoms with van der Waals surface area (Å²) in [6.07, 6.45) is 2.42. The Morgan fingerprint density at radius 1 is 0.947 bits per heavy atom. The Morgan fingerprint density at radius 3 is 2.03 bits per heavy atom. The van der Waals surface area contributed by atoms with E-state index in [1.54, 1.807) is 30.3 Å². The SMILES string of the molecule is O=C([O-])c1cc(=O)c2c(OCCC(O)CCOc3cccc4o[c-]cc(=O)c34)cccc2o1.O=C=O.[Na+].[Na+]. The fourth-order valence-electron chi connectivity index (χ4n) is 3.33. The number of benzene rings is 2. The number of carboxylic acid groups (broad SMARTS) is 1. The molecule has 1 atom stereocenters. The van der Waals surface area contributed by atoms with Crippen LogP contribution >= 0.6 is 0 Å². The van der Waals surface area contributed by atoms with Crippen LogP contribution in [0.15, 0.2) is 67.0 Å². The van der Waals surface area contributed by atoms with E-state index in [4.69, 9.17) is 27.9 Å². The molecule has 0 saturated heterocycles. The number of aliphatic hydroxyl groups excluding tert-OH is 1. The fourth-order valence-corrected chi connectivity index (χ4v) is 3.33. The van der Waals surface area contributed by atoms with Gasteiger partial charge in [0.1, 0.15) is 28.4 Å². The third-order valence-electron chi connectivity index (χ3n) is 4.93. The number of aliphatic hydroxyl groups is 1. The average molecular weight is 540 g/mol. The normalized spacial score (nSPS) is 10.7. The smallest absolute Gasteiger partial charge is 0.580 e. The first-order chi connectivity index (χ1) is 17.3. The molecule has 1 N–H and O–H groups in total. The third kappa shape index (κ3) is 8.65. The summed E-state index contributed by atoms with van der Waals surface area (Å²) in [5.74, 6) is -1.58. The van der Waals surface area contributed by atoms with Crippen LogP contribution in [0, 0.1) is 6.26 Å². The zero-order valence-corrected chi connectivity index (χ0v) is 24.6. The summed E-state index contributed by atoms with van der Waals surface area (Å²) in [5.41, 5.74) is -0.421. The zero-order chi connectivity index (χ0) is 26.1. The molecule has 0 saturated carbocycles. The van der Waals surface area contributed by atoms with Gasteiger partial charge in [-0.15, -0.1) is 0 Å². The Labute approximate surface area is 258 Å². The molecule has 38 heavy (non-hydrogen) atoms. The van der Waals surface area contributed by atoms with Crippen LogP contribution < -0.4 is 84.6 Å². The molecule has 0 aliphatic heterocycles. The standard InChI is InChI=1S/C24H19O9.CO2.2Na/c25-14(7-10-30-17-3-1-4-18-22(17)15(26)9-12-32-18)8-11-31-19-5-2-6-20-23(19)16(27)13-21(33-20)24(28)29;2-1-3;;/h1-6,9,13-14,25H,7-8,10-11H2,(H,28,29);;;/q-1;;2*+1/p-1. The van der Waals surface area contributed by atoms with Crippen molar-refractivity contribution in [1.82, 2.24) is 0 Å². The third-order valence-corrected chi connectivity index (χ3v) is 4.93. The van der Waals surface area contributed by atoms with E-state index in [-0.39, 0.29) is 113 Å². The number of carbonyl (C=O) groups excluding carboxylic acids is 3. The molecule has 1 unspecified atom stereocenters. The van der Waals surface area contributed by atoms with Crippen molar-refractivity contribution in [1.29, 1.82) is 0 Å². The first-order valence-corrected chi connectivity index (χ1v) is 10.5. The molecule has 186 valence electrons. The van der Waals surface area contributed by atoms with Crippen LogP contribution in [-0.4, -0.2) is 36.5 Å². The first kappa shape index (κ1) is 33.3. The van der Waals surface area contributed by atoms with Gasteiger partial charge < -0.3 is 38.1 Å². The summed E-state index contributed by atoms with van der Waals surface area (Å²) in [6, 6.07) is 11.6. The van der Waals surface area contributed by atoms with Crippen molar-refractivity contribution >= 4 is 34.1 Å². The summed E-state index contributed by atoms with van der Waals surface area (Å²) in [6.45, 7) is 0.248. The van der Waals surface area contributed by atoms with Gasteiger partial charge in [0.2, 0.25) is 0 Å². The van der Waals surface area contributed by atoms with Crippen LogP contribution in [0.3, 0.4) is 0 Å². The number of ether oxygens (including phenoxy) is 2. The van der Waals surface area contributed by atoms with E-state index in [1.165, 1.54) is 12.1 Å². The van der Waals surface area contributed by atoms with E-state index in [0.717, 1.165) is 6.07 Å². The van der Waals surface area contributed by atoms with E-state index in [0.29, 0.717) is 16.7 Å². The van der Waals surface area contributed by atoms with Crippen molar-refractivity contribution in [2.75, 3.05) is 13.2 Å².